The van der Waals surface area contributed by atoms with Crippen molar-refractivity contribution in [1.29, 1.82) is 0 Å². The average molecular weight is 319 g/mol. The summed E-state index contributed by atoms with van der Waals surface area (Å²) in [5.41, 5.74) is 10.0. The fraction of sp³-hybridized carbons (Fsp3) is 0.214. The molecule has 1 aromatic carbocycles. The molecule has 7 nitrogen and oxygen atoms in total. The molecule has 116 valence electrons. The van der Waals surface area contributed by atoms with Crippen LogP contribution >= 0.6 is 12.2 Å². The molecule has 0 bridgehead atoms. The molecule has 2 aromatic rings. The number of carbonyl (C=O) groups excluding carboxylic acids is 1. The van der Waals surface area contributed by atoms with E-state index in [0.717, 1.165) is 0 Å². The SMILES string of the molecule is COc1ccccc1N(NC(=O)c1cn(C)nc1C)C(N)=S. The molecule has 0 aliphatic rings. The predicted molar refractivity (Wildman–Crippen MR) is 87.7 cm³/mol. The largest absolute Gasteiger partial charge is 0.494 e. The summed E-state index contributed by atoms with van der Waals surface area (Å²) >= 11 is 5.03. The third kappa shape index (κ3) is 3.17. The first-order chi connectivity index (χ1) is 10.4. The zero-order valence-corrected chi connectivity index (χ0v) is 13.3. The van der Waals surface area contributed by atoms with Crippen LogP contribution in [0.3, 0.4) is 0 Å². The molecule has 0 atom stereocenters. The van der Waals surface area contributed by atoms with Gasteiger partial charge in [-0.2, -0.15) is 5.10 Å². The number of anilines is 1. The number of nitrogens with two attached hydrogens (primary N) is 1. The van der Waals surface area contributed by atoms with Crippen LogP contribution in [0.25, 0.3) is 0 Å². The molecule has 0 saturated carbocycles. The Balaban J connectivity index is 2.32. The van der Waals surface area contributed by atoms with E-state index >= 15 is 0 Å². The lowest BCUT2D eigenvalue weighted by Gasteiger charge is -2.24. The minimum absolute atomic E-state index is 0.000562. The Bertz CT molecular complexity index is 713. The summed E-state index contributed by atoms with van der Waals surface area (Å²) in [7, 11) is 3.28. The molecule has 0 unspecified atom stereocenters. The quantitative estimate of drug-likeness (QED) is 0.652. The first kappa shape index (κ1) is 15.8. The highest BCUT2D eigenvalue weighted by Crippen LogP contribution is 2.26. The van der Waals surface area contributed by atoms with Crippen LogP contribution in [0.5, 0.6) is 5.75 Å². The summed E-state index contributed by atoms with van der Waals surface area (Å²) in [5, 5.41) is 5.45. The van der Waals surface area contributed by atoms with E-state index in [0.29, 0.717) is 22.7 Å². The van der Waals surface area contributed by atoms with Gasteiger partial charge in [-0.1, -0.05) is 12.1 Å². The topological polar surface area (TPSA) is 85.4 Å². The Labute approximate surface area is 133 Å². The molecular weight excluding hydrogens is 302 g/mol. The molecule has 0 saturated heterocycles. The fourth-order valence-corrected chi connectivity index (χ4v) is 2.18. The van der Waals surface area contributed by atoms with Gasteiger partial charge in [-0.15, -0.1) is 0 Å². The molecule has 22 heavy (non-hydrogen) atoms. The molecule has 0 aliphatic carbocycles. The van der Waals surface area contributed by atoms with Crippen molar-refractivity contribution in [2.24, 2.45) is 12.8 Å². The van der Waals surface area contributed by atoms with Gasteiger partial charge >= 0.3 is 0 Å². The monoisotopic (exact) mass is 319 g/mol. The standard InChI is InChI=1S/C14H17N5O2S/c1-9-10(8-18(2)16-9)13(20)17-19(14(15)22)11-6-4-5-7-12(11)21-3/h4-8H,1-3H3,(H2,15,22)(H,17,20). The Morgan fingerprint density at radius 1 is 1.45 bits per heavy atom. The number of amides is 1. The second-order valence-electron chi connectivity index (χ2n) is 4.59. The van der Waals surface area contributed by atoms with Gasteiger partial charge in [0.1, 0.15) is 11.4 Å². The van der Waals surface area contributed by atoms with Gasteiger partial charge in [0.15, 0.2) is 5.11 Å². The lowest BCUT2D eigenvalue weighted by atomic mass is 10.2. The van der Waals surface area contributed by atoms with Crippen molar-refractivity contribution in [3.63, 3.8) is 0 Å². The number of hydrazine groups is 1. The zero-order valence-electron chi connectivity index (χ0n) is 12.5. The average Bonchev–Trinajstić information content (AvgIpc) is 2.83. The number of hydrogen-bond donors (Lipinski definition) is 2. The van der Waals surface area contributed by atoms with Crippen LogP contribution in [0.15, 0.2) is 30.5 Å². The molecule has 3 N–H and O–H groups in total. The van der Waals surface area contributed by atoms with Gasteiger partial charge in [0, 0.05) is 13.2 Å². The van der Waals surface area contributed by atoms with E-state index in [1.807, 2.05) is 6.07 Å². The van der Waals surface area contributed by atoms with Crippen molar-refractivity contribution in [2.75, 3.05) is 12.1 Å². The summed E-state index contributed by atoms with van der Waals surface area (Å²) in [4.78, 5) is 12.4. The van der Waals surface area contributed by atoms with Gasteiger partial charge in [0.05, 0.1) is 18.4 Å². The van der Waals surface area contributed by atoms with Crippen LogP contribution in [0.2, 0.25) is 0 Å². The molecule has 1 aromatic heterocycles. The van der Waals surface area contributed by atoms with E-state index in [9.17, 15) is 4.79 Å². The third-order valence-electron chi connectivity index (χ3n) is 3.02. The molecule has 0 radical (unpaired) electrons. The fourth-order valence-electron chi connectivity index (χ4n) is 2.03. The summed E-state index contributed by atoms with van der Waals surface area (Å²) in [6.45, 7) is 1.75. The van der Waals surface area contributed by atoms with Crippen LogP contribution in [0, 0.1) is 6.92 Å². The number of ether oxygens (including phenoxy) is 1. The minimum atomic E-state index is -0.357. The van der Waals surface area contributed by atoms with Crippen molar-refractivity contribution in [1.82, 2.24) is 15.2 Å². The van der Waals surface area contributed by atoms with E-state index in [4.69, 9.17) is 22.7 Å². The zero-order chi connectivity index (χ0) is 16.3. The van der Waals surface area contributed by atoms with E-state index < -0.39 is 0 Å². The maximum absolute atomic E-state index is 12.4. The summed E-state index contributed by atoms with van der Waals surface area (Å²) in [5.74, 6) is 0.183. The van der Waals surface area contributed by atoms with Crippen LogP contribution in [0.1, 0.15) is 16.1 Å². The van der Waals surface area contributed by atoms with Gasteiger partial charge in [-0.25, -0.2) is 5.01 Å². The first-order valence-corrected chi connectivity index (χ1v) is 6.88. The number of thiocarbonyl (C=S) groups is 1. The van der Waals surface area contributed by atoms with Crippen LogP contribution in [-0.2, 0) is 7.05 Å². The maximum atomic E-state index is 12.4. The van der Waals surface area contributed by atoms with E-state index in [2.05, 4.69) is 10.5 Å². The highest BCUT2D eigenvalue weighted by molar-refractivity contribution is 7.80. The van der Waals surface area contributed by atoms with Gasteiger partial charge in [0.2, 0.25) is 0 Å². The van der Waals surface area contributed by atoms with Crippen LogP contribution in [0.4, 0.5) is 5.69 Å². The van der Waals surface area contributed by atoms with Crippen LogP contribution < -0.4 is 20.9 Å². The number of rotatable bonds is 3. The Hall–Kier alpha value is -2.61. The number of aromatic nitrogens is 2. The molecule has 0 fully saturated rings. The van der Waals surface area contributed by atoms with Crippen molar-refractivity contribution < 1.29 is 9.53 Å². The Kier molecular flexibility index (Phi) is 4.62. The Morgan fingerprint density at radius 2 is 2.14 bits per heavy atom. The van der Waals surface area contributed by atoms with Crippen molar-refractivity contribution in [2.45, 2.75) is 6.92 Å². The number of aryl methyl sites for hydroxylation is 2. The molecule has 0 spiro atoms. The number of nitrogens with one attached hydrogen (secondary N) is 1. The van der Waals surface area contributed by atoms with E-state index in [1.165, 1.54) is 12.1 Å². The molecule has 1 heterocycles. The minimum Gasteiger partial charge on any atom is -0.494 e. The molecule has 8 heteroatoms. The normalized spacial score (nSPS) is 10.1. The second-order valence-corrected chi connectivity index (χ2v) is 5.01. The highest BCUT2D eigenvalue weighted by Gasteiger charge is 2.20. The second kappa shape index (κ2) is 6.44. The third-order valence-corrected chi connectivity index (χ3v) is 3.20. The highest BCUT2D eigenvalue weighted by atomic mass is 32.1. The summed E-state index contributed by atoms with van der Waals surface area (Å²) in [6, 6.07) is 7.11. The van der Waals surface area contributed by atoms with Crippen molar-refractivity contribution >= 4 is 28.9 Å². The number of hydrogen-bond acceptors (Lipinski definition) is 4. The molecule has 0 aliphatic heterocycles. The first-order valence-electron chi connectivity index (χ1n) is 6.48. The van der Waals surface area contributed by atoms with E-state index in [1.54, 1.807) is 43.0 Å². The lowest BCUT2D eigenvalue weighted by molar-refractivity contribution is 0.0954. The molecule has 1 amide bonds. The number of methoxy groups -OCH3 is 1. The Morgan fingerprint density at radius 3 is 2.68 bits per heavy atom. The number of carbonyl (C=O) groups is 1. The van der Waals surface area contributed by atoms with E-state index in [-0.39, 0.29) is 11.0 Å². The summed E-state index contributed by atoms with van der Waals surface area (Å²) < 4.78 is 6.83. The lowest BCUT2D eigenvalue weighted by Crippen LogP contribution is -2.49. The molecular formula is C14H17N5O2S. The summed E-state index contributed by atoms with van der Waals surface area (Å²) in [6.07, 6.45) is 1.63. The van der Waals surface area contributed by atoms with Gasteiger partial charge in [-0.05, 0) is 31.3 Å². The van der Waals surface area contributed by atoms with Crippen molar-refractivity contribution in [3.8, 4) is 5.75 Å². The smallest absolute Gasteiger partial charge is 0.273 e. The van der Waals surface area contributed by atoms with Crippen LogP contribution in [-0.4, -0.2) is 27.9 Å². The molecule has 2 rings (SSSR count). The number of benzene rings is 1. The van der Waals surface area contributed by atoms with Crippen molar-refractivity contribution in [3.05, 3.63) is 41.7 Å². The van der Waals surface area contributed by atoms with Gasteiger partial charge < -0.3 is 10.5 Å². The number of para-hydroxylation sites is 2. The predicted octanol–water partition coefficient (Wildman–Crippen LogP) is 1.13. The maximum Gasteiger partial charge on any atom is 0.273 e. The van der Waals surface area contributed by atoms with Gasteiger partial charge in [0.25, 0.3) is 5.91 Å². The number of nitrogens with zero attached hydrogens (tertiary/aromatic N) is 3. The van der Waals surface area contributed by atoms with Gasteiger partial charge in [-0.3, -0.25) is 14.9 Å².